The Hall–Kier alpha value is 0.120. The number of hydrogen-bond acceptors (Lipinski definition) is 3. The largest absolute Gasteiger partial charge is 0.318 e. The van der Waals surface area contributed by atoms with Gasteiger partial charge in [0.15, 0.2) is 0 Å². The summed E-state index contributed by atoms with van der Waals surface area (Å²) in [6.45, 7) is 4.14. The lowest BCUT2D eigenvalue weighted by molar-refractivity contribution is 0.240. The van der Waals surface area contributed by atoms with Crippen LogP contribution in [0, 0.1) is 0 Å². The molecule has 0 aromatic carbocycles. The zero-order valence-corrected chi connectivity index (χ0v) is 13.5. The molecule has 0 bridgehead atoms. The molecular weight excluding hydrogens is 286 g/mol. The molecule has 0 spiro atoms. The molecule has 2 heterocycles. The molecule has 0 radical (unpaired) electrons. The Balaban J connectivity index is 0.00000180. The van der Waals surface area contributed by atoms with E-state index >= 15 is 0 Å². The van der Waals surface area contributed by atoms with E-state index in [1.165, 1.54) is 0 Å². The molecule has 1 N–H and O–H groups in total. The van der Waals surface area contributed by atoms with Crippen molar-refractivity contribution in [2.75, 3.05) is 26.7 Å². The second-order valence-electron chi connectivity index (χ2n) is 5.43. The van der Waals surface area contributed by atoms with Crippen LogP contribution in [0.5, 0.6) is 0 Å². The van der Waals surface area contributed by atoms with E-state index in [1.54, 1.807) is 8.61 Å². The van der Waals surface area contributed by atoms with Crippen LogP contribution in [0.4, 0.5) is 0 Å². The van der Waals surface area contributed by atoms with E-state index in [1.807, 2.05) is 14.0 Å². The zero-order valence-electron chi connectivity index (χ0n) is 11.8. The van der Waals surface area contributed by atoms with Crippen LogP contribution in [0.25, 0.3) is 0 Å². The first-order valence-corrected chi connectivity index (χ1v) is 8.40. The Morgan fingerprint density at radius 3 is 2.42 bits per heavy atom. The molecule has 5 nitrogen and oxygen atoms in total. The first-order chi connectivity index (χ1) is 8.57. The van der Waals surface area contributed by atoms with Crippen LogP contribution in [0.2, 0.25) is 0 Å². The lowest BCUT2D eigenvalue weighted by Gasteiger charge is -2.37. The lowest BCUT2D eigenvalue weighted by atomic mass is 10.1. The van der Waals surface area contributed by atoms with E-state index in [0.717, 1.165) is 38.6 Å². The van der Waals surface area contributed by atoms with Gasteiger partial charge in [0.1, 0.15) is 0 Å². The minimum absolute atomic E-state index is 0. The normalized spacial score (nSPS) is 30.2. The van der Waals surface area contributed by atoms with Crippen LogP contribution >= 0.6 is 12.4 Å². The summed E-state index contributed by atoms with van der Waals surface area (Å²) in [5.41, 5.74) is 0. The molecule has 2 unspecified atom stereocenters. The van der Waals surface area contributed by atoms with Crippen LogP contribution in [0.3, 0.4) is 0 Å². The smallest absolute Gasteiger partial charge is 0.282 e. The minimum Gasteiger partial charge on any atom is -0.318 e. The van der Waals surface area contributed by atoms with E-state index < -0.39 is 10.2 Å². The summed E-state index contributed by atoms with van der Waals surface area (Å²) in [5, 5.41) is 3.10. The Bertz CT molecular complexity index is 377. The van der Waals surface area contributed by atoms with E-state index in [9.17, 15) is 8.42 Å². The maximum absolute atomic E-state index is 12.7. The average Bonchev–Trinajstić information content (AvgIpc) is 2.79. The third-order valence-electron chi connectivity index (χ3n) is 4.10. The second-order valence-corrected chi connectivity index (χ2v) is 7.26. The Kier molecular flexibility index (Phi) is 6.53. The summed E-state index contributed by atoms with van der Waals surface area (Å²) < 4.78 is 28.8. The summed E-state index contributed by atoms with van der Waals surface area (Å²) in [6.07, 6.45) is 5.08. The molecule has 2 aliphatic heterocycles. The zero-order chi connectivity index (χ0) is 13.2. The van der Waals surface area contributed by atoms with Crippen LogP contribution < -0.4 is 5.32 Å². The van der Waals surface area contributed by atoms with E-state index in [2.05, 4.69) is 5.32 Å². The van der Waals surface area contributed by atoms with Crippen molar-refractivity contribution >= 4 is 22.6 Å². The Labute approximate surface area is 123 Å². The topological polar surface area (TPSA) is 52.7 Å². The van der Waals surface area contributed by atoms with Gasteiger partial charge in [0.2, 0.25) is 0 Å². The maximum atomic E-state index is 12.7. The van der Waals surface area contributed by atoms with E-state index in [0.29, 0.717) is 13.1 Å². The average molecular weight is 312 g/mol. The quantitative estimate of drug-likeness (QED) is 0.849. The molecule has 0 aliphatic carbocycles. The number of hydrogen-bond donors (Lipinski definition) is 1. The molecule has 2 rings (SSSR count). The predicted octanol–water partition coefficient (Wildman–Crippen LogP) is 1.21. The number of likely N-dealkylation sites (N-methyl/N-ethyl adjacent to an activating group) is 1. The summed E-state index contributed by atoms with van der Waals surface area (Å²) in [4.78, 5) is 0. The first-order valence-electron chi connectivity index (χ1n) is 7.00. The number of nitrogens with zero attached hydrogens (tertiary/aromatic N) is 2. The fourth-order valence-electron chi connectivity index (χ4n) is 3.10. The monoisotopic (exact) mass is 311 g/mol. The van der Waals surface area contributed by atoms with Crippen molar-refractivity contribution in [3.63, 3.8) is 0 Å². The van der Waals surface area contributed by atoms with Crippen molar-refractivity contribution < 1.29 is 8.42 Å². The second kappa shape index (κ2) is 7.22. The maximum Gasteiger partial charge on any atom is 0.282 e. The van der Waals surface area contributed by atoms with Crippen LogP contribution in [-0.4, -0.2) is 55.8 Å². The summed E-state index contributed by atoms with van der Waals surface area (Å²) in [5.74, 6) is 0. The van der Waals surface area contributed by atoms with E-state index in [4.69, 9.17) is 0 Å². The SMILES string of the molecule is CNCC1CCCN1S(=O)(=O)N1CCCCC1C.Cl. The van der Waals surface area contributed by atoms with Crippen molar-refractivity contribution in [3.8, 4) is 0 Å². The third kappa shape index (κ3) is 3.61. The molecule has 0 amide bonds. The highest BCUT2D eigenvalue weighted by molar-refractivity contribution is 7.86. The van der Waals surface area contributed by atoms with Gasteiger partial charge in [-0.2, -0.15) is 17.0 Å². The fourth-order valence-corrected chi connectivity index (χ4v) is 5.21. The van der Waals surface area contributed by atoms with Gasteiger partial charge in [0.05, 0.1) is 0 Å². The summed E-state index contributed by atoms with van der Waals surface area (Å²) in [7, 11) is -1.37. The molecule has 114 valence electrons. The van der Waals surface area contributed by atoms with Crippen LogP contribution in [0.1, 0.15) is 39.0 Å². The third-order valence-corrected chi connectivity index (χ3v) is 6.31. The fraction of sp³-hybridized carbons (Fsp3) is 1.00. The highest BCUT2D eigenvalue weighted by Gasteiger charge is 2.40. The molecule has 2 atom stereocenters. The molecule has 2 fully saturated rings. The molecule has 7 heteroatoms. The van der Waals surface area contributed by atoms with E-state index in [-0.39, 0.29) is 24.5 Å². The molecule has 0 aromatic heterocycles. The number of piperidine rings is 1. The van der Waals surface area contributed by atoms with Gasteiger partial charge in [-0.15, -0.1) is 12.4 Å². The van der Waals surface area contributed by atoms with Gasteiger partial charge in [0, 0.05) is 31.7 Å². The van der Waals surface area contributed by atoms with Crippen molar-refractivity contribution in [1.29, 1.82) is 0 Å². The van der Waals surface area contributed by atoms with Crippen molar-refractivity contribution in [3.05, 3.63) is 0 Å². The highest BCUT2D eigenvalue weighted by Crippen LogP contribution is 2.27. The predicted molar refractivity (Wildman–Crippen MR) is 79.8 cm³/mol. The Morgan fingerprint density at radius 2 is 1.79 bits per heavy atom. The van der Waals surface area contributed by atoms with Crippen LogP contribution in [0.15, 0.2) is 0 Å². The minimum atomic E-state index is -3.26. The molecule has 0 saturated carbocycles. The Morgan fingerprint density at radius 1 is 1.11 bits per heavy atom. The van der Waals surface area contributed by atoms with Gasteiger partial charge in [-0.25, -0.2) is 0 Å². The molecule has 2 saturated heterocycles. The number of halogens is 1. The van der Waals surface area contributed by atoms with Gasteiger partial charge in [-0.1, -0.05) is 6.42 Å². The first kappa shape index (κ1) is 17.2. The van der Waals surface area contributed by atoms with Gasteiger partial charge >= 0.3 is 0 Å². The van der Waals surface area contributed by atoms with Crippen molar-refractivity contribution in [1.82, 2.24) is 13.9 Å². The molecular formula is C12H26ClN3O2S. The van der Waals surface area contributed by atoms with Gasteiger partial charge < -0.3 is 5.32 Å². The standard InChI is InChI=1S/C12H25N3O2S.ClH/c1-11-6-3-4-8-14(11)18(16,17)15-9-5-7-12(15)10-13-2;/h11-13H,3-10H2,1-2H3;1H. The molecule has 19 heavy (non-hydrogen) atoms. The van der Waals surface area contributed by atoms with Crippen molar-refractivity contribution in [2.45, 2.75) is 51.1 Å². The van der Waals surface area contributed by atoms with Gasteiger partial charge in [0.25, 0.3) is 10.2 Å². The summed E-state index contributed by atoms with van der Waals surface area (Å²) in [6, 6.07) is 0.286. The molecule has 2 aliphatic rings. The summed E-state index contributed by atoms with van der Waals surface area (Å²) >= 11 is 0. The lowest BCUT2D eigenvalue weighted by Crippen LogP contribution is -2.52. The van der Waals surface area contributed by atoms with Crippen LogP contribution in [-0.2, 0) is 10.2 Å². The number of rotatable bonds is 4. The highest BCUT2D eigenvalue weighted by atomic mass is 35.5. The number of nitrogens with one attached hydrogen (secondary N) is 1. The van der Waals surface area contributed by atoms with Gasteiger partial charge in [-0.3, -0.25) is 0 Å². The van der Waals surface area contributed by atoms with Gasteiger partial charge in [-0.05, 0) is 39.7 Å². The van der Waals surface area contributed by atoms with Crippen molar-refractivity contribution in [2.24, 2.45) is 0 Å². The molecule has 0 aromatic rings.